The summed E-state index contributed by atoms with van der Waals surface area (Å²) in [6.07, 6.45) is 0.962. The molecule has 2 aliphatic rings. The van der Waals surface area contributed by atoms with Crippen molar-refractivity contribution in [1.82, 2.24) is 0 Å². The zero-order valence-corrected chi connectivity index (χ0v) is 23.0. The fourth-order valence-electron chi connectivity index (χ4n) is 5.88. The number of furan rings is 1. The summed E-state index contributed by atoms with van der Waals surface area (Å²) in [5.41, 5.74) is 4.24. The number of hydrogen-bond acceptors (Lipinski definition) is 6. The second-order valence-corrected chi connectivity index (χ2v) is 11.4. The highest BCUT2D eigenvalue weighted by Gasteiger charge is 2.44. The van der Waals surface area contributed by atoms with Crippen LogP contribution in [0, 0.1) is 22.5 Å². The predicted octanol–water partition coefficient (Wildman–Crippen LogP) is 7.62. The van der Waals surface area contributed by atoms with Gasteiger partial charge in [-0.1, -0.05) is 44.2 Å². The highest BCUT2D eigenvalue weighted by atomic mass is 16.6. The summed E-state index contributed by atoms with van der Waals surface area (Å²) in [5, 5.41) is 14.8. The summed E-state index contributed by atoms with van der Waals surface area (Å²) in [5.74, 6) is 0.620. The highest BCUT2D eigenvalue weighted by Crippen LogP contribution is 2.49. The van der Waals surface area contributed by atoms with Crippen molar-refractivity contribution in [3.8, 4) is 11.3 Å². The minimum Gasteiger partial charge on any atom is -0.458 e. The zero-order valence-electron chi connectivity index (χ0n) is 23.0. The van der Waals surface area contributed by atoms with Crippen molar-refractivity contribution in [3.63, 3.8) is 0 Å². The Balaban J connectivity index is 1.56. The molecule has 0 spiro atoms. The standard InChI is InChI=1S/C33H29N3O5/c1-20-17-22(36(39)40)13-14-23(20)28-15-16-29(41-28)31-30-25(18-33(2,3)19-27(30)37)34-24-11-7-8-12-26(24)35(31)32(38)21-9-5-4-6-10-21/h4-17,31,34H,18-19H2,1-3H3. The molecule has 2 heterocycles. The molecule has 1 atom stereocenters. The third kappa shape index (κ3) is 4.71. The average Bonchev–Trinajstić information content (AvgIpc) is 3.36. The van der Waals surface area contributed by atoms with E-state index in [-0.39, 0.29) is 22.8 Å². The number of ketones is 1. The number of Topliss-reactive ketones (excluding diaryl/α,β-unsaturated/α-hetero) is 1. The van der Waals surface area contributed by atoms with Gasteiger partial charge in [0.15, 0.2) is 5.78 Å². The molecule has 0 radical (unpaired) electrons. The van der Waals surface area contributed by atoms with Crippen molar-refractivity contribution in [1.29, 1.82) is 0 Å². The summed E-state index contributed by atoms with van der Waals surface area (Å²) in [7, 11) is 0. The van der Waals surface area contributed by atoms with Gasteiger partial charge in [0.25, 0.3) is 11.6 Å². The molecule has 8 nitrogen and oxygen atoms in total. The first-order chi connectivity index (χ1) is 19.6. The Kier molecular flexibility index (Phi) is 6.33. The molecular weight excluding hydrogens is 518 g/mol. The normalized spacial score (nSPS) is 17.8. The lowest BCUT2D eigenvalue weighted by Gasteiger charge is -2.36. The molecule has 206 valence electrons. The largest absolute Gasteiger partial charge is 0.458 e. The third-order valence-corrected chi connectivity index (χ3v) is 7.72. The molecule has 8 heteroatoms. The molecule has 6 rings (SSSR count). The summed E-state index contributed by atoms with van der Waals surface area (Å²) in [4.78, 5) is 40.7. The molecule has 1 aromatic heterocycles. The number of anilines is 2. The molecule has 41 heavy (non-hydrogen) atoms. The number of carbonyl (C=O) groups is 2. The van der Waals surface area contributed by atoms with Crippen LogP contribution in [-0.2, 0) is 4.79 Å². The van der Waals surface area contributed by atoms with E-state index in [4.69, 9.17) is 4.42 Å². The van der Waals surface area contributed by atoms with Gasteiger partial charge < -0.3 is 9.73 Å². The van der Waals surface area contributed by atoms with Crippen LogP contribution < -0.4 is 10.2 Å². The maximum absolute atomic E-state index is 14.3. The van der Waals surface area contributed by atoms with E-state index < -0.39 is 11.0 Å². The lowest BCUT2D eigenvalue weighted by molar-refractivity contribution is -0.384. The number of aryl methyl sites for hydroxylation is 1. The first kappa shape index (κ1) is 26.3. The summed E-state index contributed by atoms with van der Waals surface area (Å²) in [6.45, 7) is 5.92. The number of amides is 1. The zero-order chi connectivity index (χ0) is 28.9. The van der Waals surface area contributed by atoms with Crippen LogP contribution in [0.4, 0.5) is 17.1 Å². The van der Waals surface area contributed by atoms with Crippen LogP contribution in [0.15, 0.2) is 101 Å². The van der Waals surface area contributed by atoms with Gasteiger partial charge >= 0.3 is 0 Å². The molecule has 0 bridgehead atoms. The van der Waals surface area contributed by atoms with E-state index in [9.17, 15) is 19.7 Å². The molecule has 3 aromatic carbocycles. The smallest absolute Gasteiger partial charge is 0.269 e. The molecule has 1 unspecified atom stereocenters. The van der Waals surface area contributed by atoms with Gasteiger partial charge in [0.1, 0.15) is 17.6 Å². The number of non-ortho nitro benzene ring substituents is 1. The Morgan fingerprint density at radius 3 is 2.46 bits per heavy atom. The fourth-order valence-corrected chi connectivity index (χ4v) is 5.88. The lowest BCUT2D eigenvalue weighted by Crippen LogP contribution is -2.39. The molecule has 1 aliphatic heterocycles. The van der Waals surface area contributed by atoms with E-state index in [0.29, 0.717) is 52.3 Å². The number of hydrogen-bond donors (Lipinski definition) is 1. The van der Waals surface area contributed by atoms with Gasteiger partial charge in [-0.2, -0.15) is 0 Å². The van der Waals surface area contributed by atoms with Gasteiger partial charge in [0.2, 0.25) is 0 Å². The number of nitrogens with one attached hydrogen (secondary N) is 1. The Hall–Kier alpha value is -4.98. The van der Waals surface area contributed by atoms with Crippen LogP contribution in [0.25, 0.3) is 11.3 Å². The number of carbonyl (C=O) groups excluding carboxylic acids is 2. The van der Waals surface area contributed by atoms with Crippen LogP contribution >= 0.6 is 0 Å². The van der Waals surface area contributed by atoms with Gasteiger partial charge in [-0.05, 0) is 66.8 Å². The van der Waals surface area contributed by atoms with Crippen molar-refractivity contribution in [3.05, 3.63) is 123 Å². The molecule has 0 saturated heterocycles. The van der Waals surface area contributed by atoms with Gasteiger partial charge in [0.05, 0.1) is 16.3 Å². The molecule has 0 fully saturated rings. The number of nitro groups is 1. The Morgan fingerprint density at radius 1 is 1.00 bits per heavy atom. The van der Waals surface area contributed by atoms with Crippen molar-refractivity contribution in [2.45, 2.75) is 39.7 Å². The van der Waals surface area contributed by atoms with E-state index >= 15 is 0 Å². The summed E-state index contributed by atoms with van der Waals surface area (Å²) >= 11 is 0. The molecular formula is C33H29N3O5. The van der Waals surface area contributed by atoms with Gasteiger partial charge in [-0.15, -0.1) is 0 Å². The summed E-state index contributed by atoms with van der Waals surface area (Å²) in [6, 6.07) is 23.9. The Morgan fingerprint density at radius 2 is 1.73 bits per heavy atom. The summed E-state index contributed by atoms with van der Waals surface area (Å²) < 4.78 is 6.45. The number of para-hydroxylation sites is 2. The minimum absolute atomic E-state index is 0.00525. The molecule has 1 amide bonds. The number of nitro benzene ring substituents is 1. The van der Waals surface area contributed by atoms with Crippen molar-refractivity contribution in [2.24, 2.45) is 5.41 Å². The van der Waals surface area contributed by atoms with Crippen molar-refractivity contribution < 1.29 is 18.9 Å². The minimum atomic E-state index is -0.829. The van der Waals surface area contributed by atoms with Gasteiger partial charge in [-0.25, -0.2) is 0 Å². The number of rotatable bonds is 4. The van der Waals surface area contributed by atoms with Crippen molar-refractivity contribution in [2.75, 3.05) is 10.2 Å². The predicted molar refractivity (Wildman–Crippen MR) is 157 cm³/mol. The molecule has 1 N–H and O–H groups in total. The van der Waals surface area contributed by atoms with Gasteiger partial charge in [0, 0.05) is 41.0 Å². The quantitative estimate of drug-likeness (QED) is 0.208. The van der Waals surface area contributed by atoms with E-state index in [1.807, 2.05) is 42.5 Å². The van der Waals surface area contributed by atoms with Crippen LogP contribution in [-0.4, -0.2) is 16.6 Å². The average molecular weight is 548 g/mol. The first-order valence-electron chi connectivity index (χ1n) is 13.5. The molecule has 4 aromatic rings. The van der Waals surface area contributed by atoms with E-state index in [2.05, 4.69) is 19.2 Å². The topological polar surface area (TPSA) is 106 Å². The molecule has 0 saturated carbocycles. The number of nitrogens with zero attached hydrogens (tertiary/aromatic N) is 2. The number of benzene rings is 3. The Labute approximate surface area is 237 Å². The Bertz CT molecular complexity index is 1730. The highest BCUT2D eigenvalue weighted by molar-refractivity contribution is 6.11. The van der Waals surface area contributed by atoms with E-state index in [1.165, 1.54) is 12.1 Å². The fraction of sp³-hybridized carbons (Fsp3) is 0.212. The first-order valence-corrected chi connectivity index (χ1v) is 13.5. The van der Waals surface area contributed by atoms with Crippen LogP contribution in [0.3, 0.4) is 0 Å². The molecule has 1 aliphatic carbocycles. The SMILES string of the molecule is Cc1cc([N+](=O)[O-])ccc1-c1ccc(C2C3=C(CC(C)(C)CC3=O)Nc3ccccc3N2C(=O)c2ccccc2)o1. The van der Waals surface area contributed by atoms with E-state index in [0.717, 1.165) is 11.4 Å². The van der Waals surface area contributed by atoms with Crippen LogP contribution in [0.1, 0.15) is 54.4 Å². The lowest BCUT2D eigenvalue weighted by atomic mass is 9.74. The third-order valence-electron chi connectivity index (χ3n) is 7.72. The monoisotopic (exact) mass is 547 g/mol. The second-order valence-electron chi connectivity index (χ2n) is 11.4. The number of allylic oxidation sites excluding steroid dienone is 1. The maximum Gasteiger partial charge on any atom is 0.269 e. The van der Waals surface area contributed by atoms with Gasteiger partial charge in [-0.3, -0.25) is 24.6 Å². The van der Waals surface area contributed by atoms with Crippen LogP contribution in [0.5, 0.6) is 0 Å². The maximum atomic E-state index is 14.3. The number of fused-ring (bicyclic) bond motifs is 1. The van der Waals surface area contributed by atoms with Crippen LogP contribution in [0.2, 0.25) is 0 Å². The second kappa shape index (κ2) is 9.89. The van der Waals surface area contributed by atoms with E-state index in [1.54, 1.807) is 42.2 Å². The van der Waals surface area contributed by atoms with Crippen molar-refractivity contribution >= 4 is 28.8 Å².